The molecule has 2 atom stereocenters. The molecule has 180 valence electrons. The largest absolute Gasteiger partial charge is 0.319 e. The fourth-order valence-electron chi connectivity index (χ4n) is 4.30. The van der Waals surface area contributed by atoms with E-state index >= 15 is 0 Å². The van der Waals surface area contributed by atoms with E-state index in [1.165, 1.54) is 29.2 Å². The number of aryl methyl sites for hydroxylation is 1. The van der Waals surface area contributed by atoms with Crippen molar-refractivity contribution in [3.63, 3.8) is 0 Å². The van der Waals surface area contributed by atoms with Crippen LogP contribution in [-0.4, -0.2) is 37.1 Å². The van der Waals surface area contributed by atoms with Gasteiger partial charge in [0.15, 0.2) is 0 Å². The first-order valence-corrected chi connectivity index (χ1v) is 12.6. The highest BCUT2D eigenvalue weighted by Gasteiger charge is 2.46. The summed E-state index contributed by atoms with van der Waals surface area (Å²) in [6.45, 7) is 3.70. The summed E-state index contributed by atoms with van der Waals surface area (Å²) in [4.78, 5) is 42.6. The maximum atomic E-state index is 13.7. The van der Waals surface area contributed by atoms with Crippen LogP contribution in [0, 0.1) is 6.92 Å². The highest BCUT2D eigenvalue weighted by atomic mass is 32.2. The lowest BCUT2D eigenvalue weighted by atomic mass is 10.0. The van der Waals surface area contributed by atoms with Crippen LogP contribution >= 0.6 is 0 Å². The van der Waals surface area contributed by atoms with Gasteiger partial charge >= 0.3 is 0 Å². The lowest BCUT2D eigenvalue weighted by molar-refractivity contribution is -0.122. The molecule has 3 aromatic carbocycles. The minimum Gasteiger partial charge on any atom is -0.319 e. The average Bonchev–Trinajstić information content (AvgIpc) is 3.12. The van der Waals surface area contributed by atoms with E-state index in [2.05, 4.69) is 0 Å². The molecule has 3 aromatic rings. The van der Waals surface area contributed by atoms with Gasteiger partial charge < -0.3 is 4.90 Å². The molecule has 1 aliphatic rings. The first kappa shape index (κ1) is 24.3. The Bertz CT molecular complexity index is 1390. The fourth-order valence-corrected chi connectivity index (χ4v) is 4.81. The number of anilines is 1. The van der Waals surface area contributed by atoms with Crippen LogP contribution in [0.4, 0.5) is 5.69 Å². The maximum Gasteiger partial charge on any atom is 0.257 e. The zero-order valence-electron chi connectivity index (χ0n) is 19.3. The van der Waals surface area contributed by atoms with Crippen molar-refractivity contribution in [2.45, 2.75) is 37.2 Å². The van der Waals surface area contributed by atoms with E-state index in [-0.39, 0.29) is 22.9 Å². The third-order valence-corrected chi connectivity index (χ3v) is 7.01. The van der Waals surface area contributed by atoms with Gasteiger partial charge in [0.1, 0.15) is 6.04 Å². The number of nitrogens with two attached hydrogens (primary N) is 1. The van der Waals surface area contributed by atoms with Crippen LogP contribution in [0.3, 0.4) is 0 Å². The number of primary sulfonamides is 1. The summed E-state index contributed by atoms with van der Waals surface area (Å²) in [5.41, 5.74) is 2.35. The molecule has 0 saturated carbocycles. The quantitative estimate of drug-likeness (QED) is 0.532. The molecule has 3 amide bonds. The molecule has 0 aliphatic carbocycles. The van der Waals surface area contributed by atoms with Crippen molar-refractivity contribution >= 4 is 33.4 Å². The van der Waals surface area contributed by atoms with Crippen LogP contribution in [-0.2, 0) is 19.6 Å². The Labute approximate surface area is 204 Å². The van der Waals surface area contributed by atoms with Gasteiger partial charge in [0, 0.05) is 5.56 Å². The van der Waals surface area contributed by atoms with Crippen molar-refractivity contribution in [3.8, 4) is 0 Å². The predicted molar refractivity (Wildman–Crippen MR) is 131 cm³/mol. The molecule has 2 unspecified atom stereocenters. The van der Waals surface area contributed by atoms with Crippen LogP contribution in [0.25, 0.3) is 0 Å². The SMILES string of the molecule is Cc1cccc(C(=O)N(C2CC(=O)N(c3ccc(S(N)(=O)=O)cc3)C2=O)C(C)c2ccccc2)c1. The second-order valence-electron chi connectivity index (χ2n) is 8.49. The van der Waals surface area contributed by atoms with Gasteiger partial charge in [-0.1, -0.05) is 48.0 Å². The van der Waals surface area contributed by atoms with E-state index < -0.39 is 33.9 Å². The van der Waals surface area contributed by atoms with Gasteiger partial charge in [0.2, 0.25) is 15.9 Å². The summed E-state index contributed by atoms with van der Waals surface area (Å²) < 4.78 is 23.1. The third-order valence-electron chi connectivity index (χ3n) is 6.08. The number of imide groups is 1. The van der Waals surface area contributed by atoms with Crippen molar-refractivity contribution in [2.75, 3.05) is 4.90 Å². The van der Waals surface area contributed by atoms with Gasteiger partial charge in [-0.2, -0.15) is 0 Å². The fraction of sp³-hybridized carbons (Fsp3) is 0.192. The highest BCUT2D eigenvalue weighted by molar-refractivity contribution is 7.89. The molecule has 0 aromatic heterocycles. The Balaban J connectivity index is 1.72. The second kappa shape index (κ2) is 9.44. The minimum atomic E-state index is -3.92. The van der Waals surface area contributed by atoms with Gasteiger partial charge in [-0.05, 0) is 55.8 Å². The minimum absolute atomic E-state index is 0.133. The molecule has 1 heterocycles. The average molecular weight is 492 g/mol. The van der Waals surface area contributed by atoms with Crippen LogP contribution in [0.15, 0.2) is 83.8 Å². The lowest BCUT2D eigenvalue weighted by Crippen LogP contribution is -2.46. The molecule has 1 fully saturated rings. The van der Waals surface area contributed by atoms with E-state index in [9.17, 15) is 22.8 Å². The first-order chi connectivity index (χ1) is 16.6. The monoisotopic (exact) mass is 491 g/mol. The zero-order valence-corrected chi connectivity index (χ0v) is 20.1. The Kier molecular flexibility index (Phi) is 6.56. The summed E-state index contributed by atoms with van der Waals surface area (Å²) in [5, 5.41) is 5.14. The molecule has 0 radical (unpaired) electrons. The van der Waals surface area contributed by atoms with E-state index in [1.54, 1.807) is 18.2 Å². The van der Waals surface area contributed by atoms with Crippen molar-refractivity contribution in [1.82, 2.24) is 4.90 Å². The molecular weight excluding hydrogens is 466 g/mol. The molecule has 4 rings (SSSR count). The number of hydrogen-bond acceptors (Lipinski definition) is 5. The van der Waals surface area contributed by atoms with E-state index in [1.807, 2.05) is 50.2 Å². The lowest BCUT2D eigenvalue weighted by Gasteiger charge is -2.33. The smallest absolute Gasteiger partial charge is 0.257 e. The predicted octanol–water partition coefficient (Wildman–Crippen LogP) is 3.18. The number of carbonyl (C=O) groups excluding carboxylic acids is 3. The number of hydrogen-bond donors (Lipinski definition) is 1. The molecule has 35 heavy (non-hydrogen) atoms. The highest BCUT2D eigenvalue weighted by Crippen LogP contribution is 2.33. The van der Waals surface area contributed by atoms with Gasteiger partial charge in [0.25, 0.3) is 11.8 Å². The number of nitrogens with zero attached hydrogens (tertiary/aromatic N) is 2. The normalized spacial score (nSPS) is 16.9. The third kappa shape index (κ3) is 4.87. The van der Waals surface area contributed by atoms with Crippen molar-refractivity contribution in [2.24, 2.45) is 5.14 Å². The summed E-state index contributed by atoms with van der Waals surface area (Å²) >= 11 is 0. The van der Waals surface area contributed by atoms with Gasteiger partial charge in [-0.25, -0.2) is 18.5 Å². The van der Waals surface area contributed by atoms with Crippen molar-refractivity contribution in [1.29, 1.82) is 0 Å². The summed E-state index contributed by atoms with van der Waals surface area (Å²) in [5.74, 6) is -1.39. The summed E-state index contributed by atoms with van der Waals surface area (Å²) in [6, 6.07) is 20.0. The Morgan fingerprint density at radius 2 is 1.66 bits per heavy atom. The molecule has 0 bridgehead atoms. The second-order valence-corrected chi connectivity index (χ2v) is 10.1. The standard InChI is InChI=1S/C26H25N3O5S/c1-17-7-6-10-20(15-17)25(31)28(18(2)19-8-4-3-5-9-19)23-16-24(30)29(26(23)32)21-11-13-22(14-12-21)35(27,33)34/h3-15,18,23H,16H2,1-2H3,(H2,27,33,34). The molecule has 9 heteroatoms. The van der Waals surface area contributed by atoms with Crippen LogP contribution in [0.2, 0.25) is 0 Å². The van der Waals surface area contributed by atoms with Crippen molar-refractivity contribution in [3.05, 3.63) is 95.6 Å². The zero-order chi connectivity index (χ0) is 25.3. The first-order valence-electron chi connectivity index (χ1n) is 11.0. The van der Waals surface area contributed by atoms with Gasteiger partial charge in [0.05, 0.1) is 23.0 Å². The van der Waals surface area contributed by atoms with Crippen molar-refractivity contribution < 1.29 is 22.8 Å². The van der Waals surface area contributed by atoms with Crippen LogP contribution in [0.5, 0.6) is 0 Å². The van der Waals surface area contributed by atoms with Crippen LogP contribution in [0.1, 0.15) is 40.9 Å². The maximum absolute atomic E-state index is 13.7. The van der Waals surface area contributed by atoms with Gasteiger partial charge in [-0.3, -0.25) is 14.4 Å². The number of benzene rings is 3. The molecule has 1 aliphatic heterocycles. The Hall–Kier alpha value is -3.82. The Morgan fingerprint density at radius 1 is 1.00 bits per heavy atom. The summed E-state index contributed by atoms with van der Waals surface area (Å²) in [7, 11) is -3.92. The van der Waals surface area contributed by atoms with E-state index in [0.29, 0.717) is 5.56 Å². The molecular formula is C26H25N3O5S. The van der Waals surface area contributed by atoms with E-state index in [4.69, 9.17) is 5.14 Å². The number of rotatable bonds is 6. The topological polar surface area (TPSA) is 118 Å². The molecule has 0 spiro atoms. The number of carbonyl (C=O) groups is 3. The molecule has 2 N–H and O–H groups in total. The number of sulfonamides is 1. The van der Waals surface area contributed by atoms with E-state index in [0.717, 1.165) is 16.0 Å². The number of amides is 3. The summed E-state index contributed by atoms with van der Waals surface area (Å²) in [6.07, 6.45) is -0.190. The van der Waals surface area contributed by atoms with Crippen LogP contribution < -0.4 is 10.0 Å². The van der Waals surface area contributed by atoms with Gasteiger partial charge in [-0.15, -0.1) is 0 Å². The Morgan fingerprint density at radius 3 is 2.26 bits per heavy atom. The molecule has 1 saturated heterocycles. The molecule has 8 nitrogen and oxygen atoms in total.